The van der Waals surface area contributed by atoms with Crippen LogP contribution in [0.25, 0.3) is 0 Å². The molecule has 1 aromatic rings. The van der Waals surface area contributed by atoms with Crippen molar-refractivity contribution in [3.05, 3.63) is 43.5 Å². The largest absolute Gasteiger partial charge is 0.398 e. The zero-order valence-electron chi connectivity index (χ0n) is 8.84. The predicted molar refractivity (Wildman–Crippen MR) is 63.0 cm³/mol. The molecule has 0 spiro atoms. The minimum atomic E-state index is -0.835. The molecule has 8 heteroatoms. The second kappa shape index (κ2) is 5.18. The van der Waals surface area contributed by atoms with Gasteiger partial charge in [-0.05, 0) is 12.1 Å². The lowest BCUT2D eigenvalue weighted by Gasteiger charge is -2.02. The van der Waals surface area contributed by atoms with E-state index in [2.05, 4.69) is 11.8 Å². The normalized spacial score (nSPS) is 8.44. The second-order valence-electron chi connectivity index (χ2n) is 3.01. The van der Waals surface area contributed by atoms with Gasteiger partial charge in [0.1, 0.15) is 9.85 Å². The fourth-order valence-corrected chi connectivity index (χ4v) is 1.06. The average Bonchev–Trinajstić information content (AvgIpc) is 2.26. The Morgan fingerprint density at radius 2 is 1.28 bits per heavy atom. The van der Waals surface area contributed by atoms with Gasteiger partial charge in [-0.15, -0.1) is 0 Å². The van der Waals surface area contributed by atoms with Gasteiger partial charge in [-0.25, -0.2) is 20.2 Å². The lowest BCUT2D eigenvalue weighted by atomic mass is 10.1. The summed E-state index contributed by atoms with van der Waals surface area (Å²) in [5, 5.41) is 20.2. The number of nitrogen functional groups attached to an aromatic ring is 2. The van der Waals surface area contributed by atoms with E-state index in [1.807, 2.05) is 0 Å². The molecule has 0 atom stereocenters. The van der Waals surface area contributed by atoms with Crippen LogP contribution in [0.15, 0.2) is 12.1 Å². The zero-order chi connectivity index (χ0) is 13.7. The summed E-state index contributed by atoms with van der Waals surface area (Å²) in [5.41, 5.74) is 11.6. The molecule has 1 rings (SSSR count). The number of hydrogen-bond donors (Lipinski definition) is 2. The Morgan fingerprint density at radius 1 is 0.889 bits per heavy atom. The van der Waals surface area contributed by atoms with Gasteiger partial charge in [0.25, 0.3) is 12.1 Å². The van der Waals surface area contributed by atoms with E-state index in [0.29, 0.717) is 0 Å². The van der Waals surface area contributed by atoms with Crippen molar-refractivity contribution in [2.45, 2.75) is 0 Å². The van der Waals surface area contributed by atoms with Gasteiger partial charge < -0.3 is 11.5 Å². The minimum Gasteiger partial charge on any atom is -0.398 e. The summed E-state index contributed by atoms with van der Waals surface area (Å²) >= 11 is 0. The second-order valence-corrected chi connectivity index (χ2v) is 3.01. The first-order valence-corrected chi connectivity index (χ1v) is 4.41. The molecular formula is C10H6N4O4. The molecule has 0 aliphatic carbocycles. The summed E-state index contributed by atoms with van der Waals surface area (Å²) < 4.78 is 0. The van der Waals surface area contributed by atoms with E-state index in [4.69, 9.17) is 11.5 Å². The molecule has 1 aromatic carbocycles. The van der Waals surface area contributed by atoms with Gasteiger partial charge in [-0.2, -0.15) is 0 Å². The van der Waals surface area contributed by atoms with Crippen molar-refractivity contribution in [3.8, 4) is 23.9 Å². The highest BCUT2D eigenvalue weighted by Gasteiger charge is 2.04. The number of nitrogens with zero attached hydrogens (tertiary/aromatic N) is 2. The number of nitro groups is 2. The van der Waals surface area contributed by atoms with Gasteiger partial charge in [0, 0.05) is 23.2 Å². The Bertz CT molecular complexity index is 592. The SMILES string of the molecule is Nc1cc(N)c(C#C[N+](=O)[O-])cc1C#C[N+](=O)[O-]. The summed E-state index contributed by atoms with van der Waals surface area (Å²) in [4.78, 5) is 18.5. The molecule has 0 unspecified atom stereocenters. The maximum absolute atomic E-state index is 10.1. The maximum atomic E-state index is 10.1. The molecule has 0 aliphatic rings. The summed E-state index contributed by atoms with van der Waals surface area (Å²) in [6.45, 7) is 0. The molecule has 4 N–H and O–H groups in total. The summed E-state index contributed by atoms with van der Waals surface area (Å²) in [5.74, 6) is 4.40. The third-order valence-corrected chi connectivity index (χ3v) is 1.79. The van der Waals surface area contributed by atoms with Crippen molar-refractivity contribution in [2.24, 2.45) is 0 Å². The Balaban J connectivity index is 3.29. The molecule has 0 bridgehead atoms. The monoisotopic (exact) mass is 246 g/mol. The van der Waals surface area contributed by atoms with E-state index >= 15 is 0 Å². The van der Waals surface area contributed by atoms with E-state index in [0.717, 1.165) is 0 Å². The molecule has 18 heavy (non-hydrogen) atoms. The topological polar surface area (TPSA) is 138 Å². The number of nitrogens with two attached hydrogens (primary N) is 2. The molecule has 0 amide bonds. The van der Waals surface area contributed by atoms with Gasteiger partial charge in [0.05, 0.1) is 11.1 Å². The summed E-state index contributed by atoms with van der Waals surface area (Å²) in [6, 6.07) is 5.91. The zero-order valence-corrected chi connectivity index (χ0v) is 8.84. The first-order chi connectivity index (χ1) is 8.40. The summed E-state index contributed by atoms with van der Waals surface area (Å²) in [7, 11) is 0. The van der Waals surface area contributed by atoms with Crippen LogP contribution in [0.2, 0.25) is 0 Å². The fourth-order valence-electron chi connectivity index (χ4n) is 1.06. The van der Waals surface area contributed by atoms with Crippen molar-refractivity contribution >= 4 is 11.4 Å². The molecule has 90 valence electrons. The van der Waals surface area contributed by atoms with E-state index in [-0.39, 0.29) is 22.5 Å². The quantitative estimate of drug-likeness (QED) is 0.217. The Hall–Kier alpha value is -3.26. The Morgan fingerprint density at radius 3 is 1.61 bits per heavy atom. The van der Waals surface area contributed by atoms with Gasteiger partial charge in [0.2, 0.25) is 0 Å². The minimum absolute atomic E-state index is 0.133. The number of rotatable bonds is 0. The van der Waals surface area contributed by atoms with E-state index in [1.54, 1.807) is 12.1 Å². The first-order valence-electron chi connectivity index (χ1n) is 4.41. The van der Waals surface area contributed by atoms with Crippen LogP contribution in [0.3, 0.4) is 0 Å². The molecule has 0 saturated heterocycles. The van der Waals surface area contributed by atoms with Gasteiger partial charge in [-0.1, -0.05) is 0 Å². The van der Waals surface area contributed by atoms with Gasteiger partial charge >= 0.3 is 0 Å². The molecule has 0 aliphatic heterocycles. The van der Waals surface area contributed by atoms with Crippen molar-refractivity contribution in [2.75, 3.05) is 11.5 Å². The molecule has 8 nitrogen and oxygen atoms in total. The van der Waals surface area contributed by atoms with Crippen molar-refractivity contribution in [1.82, 2.24) is 0 Å². The highest BCUT2D eigenvalue weighted by Crippen LogP contribution is 2.19. The van der Waals surface area contributed by atoms with Gasteiger partial charge in [-0.3, -0.25) is 0 Å². The molecule has 0 aromatic heterocycles. The summed E-state index contributed by atoms with van der Waals surface area (Å²) in [6.07, 6.45) is 0. The van der Waals surface area contributed by atoms with E-state index in [9.17, 15) is 20.2 Å². The van der Waals surface area contributed by atoms with Crippen molar-refractivity contribution in [3.63, 3.8) is 0 Å². The molecule has 0 heterocycles. The molecular weight excluding hydrogens is 240 g/mol. The van der Waals surface area contributed by atoms with E-state index < -0.39 is 9.85 Å². The lowest BCUT2D eigenvalue weighted by molar-refractivity contribution is -0.379. The standard InChI is InChI=1S/C10H6N4O4/c11-9-6-10(12)8(2-4-14(17)18)5-7(9)1-3-13(15)16/h5-6H,11-12H2. The van der Waals surface area contributed by atoms with E-state index in [1.165, 1.54) is 12.1 Å². The Kier molecular flexibility index (Phi) is 3.69. The third-order valence-electron chi connectivity index (χ3n) is 1.79. The maximum Gasteiger partial charge on any atom is 0.295 e. The third kappa shape index (κ3) is 3.40. The van der Waals surface area contributed by atoms with Crippen LogP contribution >= 0.6 is 0 Å². The number of anilines is 2. The van der Waals surface area contributed by atoms with Crippen LogP contribution in [0, 0.1) is 44.2 Å². The fraction of sp³-hybridized carbons (Fsp3) is 0. The van der Waals surface area contributed by atoms with Crippen molar-refractivity contribution < 1.29 is 9.85 Å². The van der Waals surface area contributed by atoms with Crippen molar-refractivity contribution in [1.29, 1.82) is 0 Å². The Labute approximate surface area is 101 Å². The molecule has 0 saturated carbocycles. The number of benzene rings is 1. The molecule has 0 fully saturated rings. The van der Waals surface area contributed by atoms with Gasteiger partial charge in [0.15, 0.2) is 0 Å². The average molecular weight is 246 g/mol. The number of hydrogen-bond acceptors (Lipinski definition) is 6. The highest BCUT2D eigenvalue weighted by atomic mass is 16.6. The first kappa shape index (κ1) is 12.8. The van der Waals surface area contributed by atoms with Crippen LogP contribution in [0.1, 0.15) is 11.1 Å². The predicted octanol–water partition coefficient (Wildman–Crippen LogP) is 0.0224. The smallest absolute Gasteiger partial charge is 0.295 e. The van der Waals surface area contributed by atoms with Crippen LogP contribution < -0.4 is 11.5 Å². The lowest BCUT2D eigenvalue weighted by Crippen LogP contribution is -1.98. The molecule has 0 radical (unpaired) electrons. The van der Waals surface area contributed by atoms with Crippen LogP contribution in [-0.2, 0) is 0 Å². The van der Waals surface area contributed by atoms with Crippen LogP contribution in [0.5, 0.6) is 0 Å². The van der Waals surface area contributed by atoms with Crippen LogP contribution in [-0.4, -0.2) is 9.85 Å². The van der Waals surface area contributed by atoms with Crippen LogP contribution in [0.4, 0.5) is 11.4 Å². The highest BCUT2D eigenvalue weighted by molar-refractivity contribution is 5.69.